The first-order valence-electron chi connectivity index (χ1n) is 12.4. The van der Waals surface area contributed by atoms with Crippen molar-refractivity contribution in [2.24, 2.45) is 0 Å². The van der Waals surface area contributed by atoms with Gasteiger partial charge >= 0.3 is 0 Å². The lowest BCUT2D eigenvalue weighted by molar-refractivity contribution is 0.122. The monoisotopic (exact) mass is 476 g/mol. The molecule has 0 unspecified atom stereocenters. The van der Waals surface area contributed by atoms with Crippen molar-refractivity contribution in [2.45, 2.75) is 39.3 Å². The van der Waals surface area contributed by atoms with E-state index >= 15 is 0 Å². The van der Waals surface area contributed by atoms with Crippen molar-refractivity contribution in [3.8, 4) is 11.3 Å². The minimum atomic E-state index is -0.140. The maximum atomic E-state index is 5.50. The Hall–Kier alpha value is -3.17. The van der Waals surface area contributed by atoms with Crippen LogP contribution in [0.4, 0.5) is 11.5 Å². The second-order valence-corrected chi connectivity index (χ2v) is 10.5. The summed E-state index contributed by atoms with van der Waals surface area (Å²) in [6.07, 6.45) is 4.79. The Morgan fingerprint density at radius 3 is 2.43 bits per heavy atom. The van der Waals surface area contributed by atoms with E-state index in [1.165, 1.54) is 5.69 Å². The van der Waals surface area contributed by atoms with Gasteiger partial charge in [-0.25, -0.2) is 15.0 Å². The molecular weight excluding hydrogens is 440 g/mol. The molecule has 9 heteroatoms. The molecule has 0 bridgehead atoms. The summed E-state index contributed by atoms with van der Waals surface area (Å²) in [7, 11) is 4.19. The quantitative estimate of drug-likeness (QED) is 0.435. The minimum absolute atomic E-state index is 0.140. The normalized spacial score (nSPS) is 15.0. The van der Waals surface area contributed by atoms with Gasteiger partial charge < -0.3 is 24.4 Å². The maximum Gasteiger partial charge on any atom is 0.170 e. The van der Waals surface area contributed by atoms with Crippen LogP contribution in [0.5, 0.6) is 0 Å². The molecule has 1 fully saturated rings. The topological polar surface area (TPSA) is 75.8 Å². The van der Waals surface area contributed by atoms with Crippen LogP contribution in [-0.2, 0) is 11.3 Å². The van der Waals surface area contributed by atoms with Crippen LogP contribution in [0.1, 0.15) is 27.2 Å². The molecule has 0 saturated carbocycles. The number of rotatable bonds is 7. The number of imidazole rings is 2. The molecule has 0 spiro atoms. The summed E-state index contributed by atoms with van der Waals surface area (Å²) in [5.41, 5.74) is 5.56. The van der Waals surface area contributed by atoms with Crippen LogP contribution in [0, 0.1) is 0 Å². The molecule has 0 atom stereocenters. The first kappa shape index (κ1) is 23.6. The predicted octanol–water partition coefficient (Wildman–Crippen LogP) is 3.74. The molecule has 1 aromatic carbocycles. The third-order valence-electron chi connectivity index (χ3n) is 6.24. The Morgan fingerprint density at radius 1 is 1.00 bits per heavy atom. The molecule has 1 aliphatic heterocycles. The minimum Gasteiger partial charge on any atom is -0.378 e. The second kappa shape index (κ2) is 9.47. The van der Waals surface area contributed by atoms with Gasteiger partial charge in [-0.15, -0.1) is 0 Å². The Balaban J connectivity index is 1.55. The summed E-state index contributed by atoms with van der Waals surface area (Å²) < 4.78 is 9.66. The van der Waals surface area contributed by atoms with E-state index in [1.54, 1.807) is 0 Å². The molecule has 186 valence electrons. The number of hydrogen-bond donors (Lipinski definition) is 1. The Bertz CT molecular complexity index is 1290. The molecule has 0 amide bonds. The Kier molecular flexibility index (Phi) is 6.37. The van der Waals surface area contributed by atoms with E-state index in [0.717, 1.165) is 79.7 Å². The SMILES string of the molecule is CN(C)CCCn1cnc2c1ncn1c(NC(C)(C)C)c(-c3ccc(N4CCOCC4)cc3)nc21. The molecular formula is C26H36N8O. The van der Waals surface area contributed by atoms with Gasteiger partial charge in [0.15, 0.2) is 16.8 Å². The number of benzene rings is 1. The molecule has 4 aromatic rings. The summed E-state index contributed by atoms with van der Waals surface area (Å²) in [5, 5.41) is 3.66. The van der Waals surface area contributed by atoms with Gasteiger partial charge in [0.25, 0.3) is 0 Å². The van der Waals surface area contributed by atoms with E-state index in [1.807, 2.05) is 17.1 Å². The number of ether oxygens (including phenoxy) is 1. The lowest BCUT2D eigenvalue weighted by Gasteiger charge is -2.29. The summed E-state index contributed by atoms with van der Waals surface area (Å²) >= 11 is 0. The highest BCUT2D eigenvalue weighted by Crippen LogP contribution is 2.33. The maximum absolute atomic E-state index is 5.50. The third-order valence-corrected chi connectivity index (χ3v) is 6.24. The largest absolute Gasteiger partial charge is 0.378 e. The van der Waals surface area contributed by atoms with Crippen molar-refractivity contribution in [1.82, 2.24) is 28.8 Å². The zero-order valence-electron chi connectivity index (χ0n) is 21.5. The Morgan fingerprint density at radius 2 is 1.74 bits per heavy atom. The molecule has 9 nitrogen and oxygen atoms in total. The highest BCUT2D eigenvalue weighted by molar-refractivity contribution is 5.90. The lowest BCUT2D eigenvalue weighted by atomic mass is 10.1. The van der Waals surface area contributed by atoms with Crippen LogP contribution >= 0.6 is 0 Å². The predicted molar refractivity (Wildman–Crippen MR) is 141 cm³/mol. The summed E-state index contributed by atoms with van der Waals surface area (Å²) in [5.74, 6) is 0.934. The van der Waals surface area contributed by atoms with Crippen molar-refractivity contribution < 1.29 is 4.74 Å². The fraction of sp³-hybridized carbons (Fsp3) is 0.500. The van der Waals surface area contributed by atoms with Crippen LogP contribution in [-0.4, -0.2) is 81.3 Å². The number of aromatic nitrogens is 5. The standard InChI is InChI=1S/C26H36N8O/c1-26(2,3)30-25-21(19-7-9-20(10-8-19)32-13-15-35-16-14-32)29-24-22-23(28-18-34(24)25)33(17-27-22)12-6-11-31(4)5/h7-10,17-18,30H,6,11-16H2,1-5H3. The van der Waals surface area contributed by atoms with E-state index in [4.69, 9.17) is 19.7 Å². The van der Waals surface area contributed by atoms with E-state index in [0.29, 0.717) is 0 Å². The third kappa shape index (κ3) is 4.97. The first-order chi connectivity index (χ1) is 16.8. The fourth-order valence-electron chi connectivity index (χ4n) is 4.54. The van der Waals surface area contributed by atoms with Gasteiger partial charge in [-0.2, -0.15) is 0 Å². The molecule has 0 radical (unpaired) electrons. The van der Waals surface area contributed by atoms with Crippen molar-refractivity contribution in [1.29, 1.82) is 0 Å². The smallest absolute Gasteiger partial charge is 0.170 e. The molecule has 4 heterocycles. The zero-order chi connectivity index (χ0) is 24.6. The summed E-state index contributed by atoms with van der Waals surface area (Å²) in [4.78, 5) is 19.2. The van der Waals surface area contributed by atoms with Crippen molar-refractivity contribution in [3.63, 3.8) is 0 Å². The van der Waals surface area contributed by atoms with Crippen molar-refractivity contribution in [2.75, 3.05) is 57.2 Å². The number of fused-ring (bicyclic) bond motifs is 3. The van der Waals surface area contributed by atoms with Gasteiger partial charge in [0.1, 0.15) is 17.8 Å². The van der Waals surface area contributed by atoms with Crippen LogP contribution < -0.4 is 10.2 Å². The number of aryl methyl sites for hydroxylation is 1. The van der Waals surface area contributed by atoms with Gasteiger partial charge in [-0.05, 0) is 60.0 Å². The van der Waals surface area contributed by atoms with Gasteiger partial charge in [-0.1, -0.05) is 12.1 Å². The van der Waals surface area contributed by atoms with Crippen LogP contribution in [0.25, 0.3) is 28.1 Å². The summed E-state index contributed by atoms with van der Waals surface area (Å²) in [6, 6.07) is 8.67. The van der Waals surface area contributed by atoms with Gasteiger partial charge in [0, 0.05) is 36.4 Å². The van der Waals surface area contributed by atoms with E-state index < -0.39 is 0 Å². The first-order valence-corrected chi connectivity index (χ1v) is 12.4. The molecule has 1 aliphatic rings. The van der Waals surface area contributed by atoms with E-state index in [-0.39, 0.29) is 5.54 Å². The highest BCUT2D eigenvalue weighted by atomic mass is 16.5. The fourth-order valence-corrected chi connectivity index (χ4v) is 4.54. The number of nitrogens with zero attached hydrogens (tertiary/aromatic N) is 7. The molecule has 0 aliphatic carbocycles. The van der Waals surface area contributed by atoms with Crippen LogP contribution in [0.15, 0.2) is 36.9 Å². The molecule has 3 aromatic heterocycles. The second-order valence-electron chi connectivity index (χ2n) is 10.5. The average molecular weight is 477 g/mol. The van der Waals surface area contributed by atoms with Gasteiger partial charge in [0.2, 0.25) is 0 Å². The average Bonchev–Trinajstić information content (AvgIpc) is 3.40. The molecule has 5 rings (SSSR count). The van der Waals surface area contributed by atoms with E-state index in [9.17, 15) is 0 Å². The molecule has 1 saturated heterocycles. The van der Waals surface area contributed by atoms with Crippen LogP contribution in [0.2, 0.25) is 0 Å². The van der Waals surface area contributed by atoms with Gasteiger partial charge in [0.05, 0.1) is 19.5 Å². The van der Waals surface area contributed by atoms with Crippen LogP contribution in [0.3, 0.4) is 0 Å². The number of morpholine rings is 1. The molecule has 35 heavy (non-hydrogen) atoms. The number of anilines is 2. The van der Waals surface area contributed by atoms with E-state index in [2.05, 4.69) is 78.8 Å². The van der Waals surface area contributed by atoms with Crippen molar-refractivity contribution >= 4 is 28.3 Å². The Labute approximate surface area is 206 Å². The van der Waals surface area contributed by atoms with Gasteiger partial charge in [-0.3, -0.25) is 4.40 Å². The summed E-state index contributed by atoms with van der Waals surface area (Å²) in [6.45, 7) is 11.8. The number of hydrogen-bond acceptors (Lipinski definition) is 7. The lowest BCUT2D eigenvalue weighted by Crippen LogP contribution is -2.36. The number of nitrogens with one attached hydrogen (secondary N) is 1. The van der Waals surface area contributed by atoms with Crippen molar-refractivity contribution in [3.05, 3.63) is 36.9 Å². The zero-order valence-corrected chi connectivity index (χ0v) is 21.5. The highest BCUT2D eigenvalue weighted by Gasteiger charge is 2.22. The molecule has 1 N–H and O–H groups in total.